The van der Waals surface area contributed by atoms with Crippen molar-refractivity contribution >= 4 is 5.91 Å². The minimum atomic E-state index is -0.0105. The van der Waals surface area contributed by atoms with E-state index in [1.54, 1.807) is 0 Å². The van der Waals surface area contributed by atoms with E-state index < -0.39 is 0 Å². The number of carbonyl (C=O) groups excluding carboxylic acids is 1. The second-order valence-corrected chi connectivity index (χ2v) is 3.85. The first-order valence-corrected chi connectivity index (χ1v) is 5.54. The maximum absolute atomic E-state index is 11.2. The monoisotopic (exact) mass is 210 g/mol. The van der Waals surface area contributed by atoms with E-state index in [9.17, 15) is 4.79 Å². The van der Waals surface area contributed by atoms with Crippen molar-refractivity contribution in [1.29, 1.82) is 5.26 Å². The average Bonchev–Trinajstić information content (AvgIpc) is 2.28. The van der Waals surface area contributed by atoms with E-state index in [1.165, 1.54) is 0 Å². The average molecular weight is 210 g/mol. The summed E-state index contributed by atoms with van der Waals surface area (Å²) in [6, 6.07) is 1.96. The molecule has 4 heteroatoms. The summed E-state index contributed by atoms with van der Waals surface area (Å²) >= 11 is 0. The van der Waals surface area contributed by atoms with Crippen LogP contribution in [0.3, 0.4) is 0 Å². The third kappa shape index (κ3) is 5.38. The molecule has 0 spiro atoms. The van der Waals surface area contributed by atoms with Gasteiger partial charge in [-0.2, -0.15) is 5.26 Å². The van der Waals surface area contributed by atoms with Crippen LogP contribution < -0.4 is 5.32 Å². The van der Waals surface area contributed by atoms with Gasteiger partial charge in [0.25, 0.3) is 0 Å². The Morgan fingerprint density at radius 3 is 2.87 bits per heavy atom. The summed E-state index contributed by atoms with van der Waals surface area (Å²) in [6.45, 7) is 2.44. The van der Waals surface area contributed by atoms with E-state index >= 15 is 0 Å². The van der Waals surface area contributed by atoms with Crippen LogP contribution in [0.4, 0.5) is 0 Å². The van der Waals surface area contributed by atoms with Crippen LogP contribution in [0.15, 0.2) is 0 Å². The Hall–Kier alpha value is -1.08. The lowest BCUT2D eigenvalue weighted by Gasteiger charge is -2.21. The summed E-state index contributed by atoms with van der Waals surface area (Å²) < 4.78 is 5.26. The van der Waals surface area contributed by atoms with Gasteiger partial charge in [0.2, 0.25) is 5.91 Å². The number of amides is 1. The van der Waals surface area contributed by atoms with Crippen molar-refractivity contribution < 1.29 is 9.53 Å². The van der Waals surface area contributed by atoms with Crippen molar-refractivity contribution in [1.82, 2.24) is 5.32 Å². The minimum Gasteiger partial charge on any atom is -0.381 e. The highest BCUT2D eigenvalue weighted by atomic mass is 16.5. The zero-order valence-corrected chi connectivity index (χ0v) is 9.00. The fourth-order valence-electron chi connectivity index (χ4n) is 1.71. The lowest BCUT2D eigenvalue weighted by molar-refractivity contribution is -0.121. The predicted octanol–water partition coefficient (Wildman–Crippen LogP) is 1.22. The topological polar surface area (TPSA) is 62.1 Å². The van der Waals surface area contributed by atoms with E-state index in [-0.39, 0.29) is 5.91 Å². The Balaban J connectivity index is 2.00. The highest BCUT2D eigenvalue weighted by molar-refractivity contribution is 5.75. The standard InChI is InChI=1S/C11H18N2O2/c12-6-1-2-11(14)13-7-3-10-4-8-15-9-5-10/h10H,1-5,7-9H2,(H,13,14). The molecule has 1 heterocycles. The largest absolute Gasteiger partial charge is 0.381 e. The minimum absolute atomic E-state index is 0.0105. The molecule has 0 aromatic carbocycles. The van der Waals surface area contributed by atoms with Gasteiger partial charge in [0.15, 0.2) is 0 Å². The first kappa shape index (κ1) is 12.0. The fourth-order valence-corrected chi connectivity index (χ4v) is 1.71. The molecule has 1 aliphatic heterocycles. The lowest BCUT2D eigenvalue weighted by atomic mass is 9.97. The number of carbonyl (C=O) groups is 1. The molecule has 0 unspecified atom stereocenters. The summed E-state index contributed by atoms with van der Waals surface area (Å²) in [7, 11) is 0. The van der Waals surface area contributed by atoms with Crippen molar-refractivity contribution in [2.24, 2.45) is 5.92 Å². The van der Waals surface area contributed by atoms with Gasteiger partial charge in [-0.25, -0.2) is 0 Å². The molecule has 0 aromatic rings. The molecule has 15 heavy (non-hydrogen) atoms. The van der Waals surface area contributed by atoms with Gasteiger partial charge >= 0.3 is 0 Å². The summed E-state index contributed by atoms with van der Waals surface area (Å²) in [5.41, 5.74) is 0. The molecular weight excluding hydrogens is 192 g/mol. The summed E-state index contributed by atoms with van der Waals surface area (Å²) in [5, 5.41) is 11.1. The molecule has 1 amide bonds. The number of ether oxygens (including phenoxy) is 1. The molecule has 1 rings (SSSR count). The summed E-state index contributed by atoms with van der Waals surface area (Å²) in [5.74, 6) is 0.679. The van der Waals surface area contributed by atoms with Gasteiger partial charge in [-0.1, -0.05) is 0 Å². The Morgan fingerprint density at radius 1 is 1.47 bits per heavy atom. The van der Waals surface area contributed by atoms with E-state index in [2.05, 4.69) is 5.32 Å². The van der Waals surface area contributed by atoms with Crippen LogP contribution in [0, 0.1) is 17.2 Å². The Kier molecular flexibility index (Phi) is 5.79. The van der Waals surface area contributed by atoms with Crippen molar-refractivity contribution in [3.63, 3.8) is 0 Å². The van der Waals surface area contributed by atoms with Crippen molar-refractivity contribution in [3.8, 4) is 6.07 Å². The zero-order chi connectivity index (χ0) is 10.9. The second kappa shape index (κ2) is 7.24. The molecule has 1 N–H and O–H groups in total. The number of hydrogen-bond acceptors (Lipinski definition) is 3. The van der Waals surface area contributed by atoms with Gasteiger partial charge in [-0.15, -0.1) is 0 Å². The van der Waals surface area contributed by atoms with Crippen LogP contribution in [-0.2, 0) is 9.53 Å². The molecule has 1 fully saturated rings. The van der Waals surface area contributed by atoms with Crippen LogP contribution in [0.1, 0.15) is 32.1 Å². The number of nitrogens with one attached hydrogen (secondary N) is 1. The summed E-state index contributed by atoms with van der Waals surface area (Å²) in [4.78, 5) is 11.2. The molecule has 1 aliphatic rings. The van der Waals surface area contributed by atoms with Crippen LogP contribution in [-0.4, -0.2) is 25.7 Å². The van der Waals surface area contributed by atoms with E-state index in [0.29, 0.717) is 18.8 Å². The highest BCUT2D eigenvalue weighted by Gasteiger charge is 2.13. The van der Waals surface area contributed by atoms with Crippen LogP contribution in [0.2, 0.25) is 0 Å². The van der Waals surface area contributed by atoms with Crippen molar-refractivity contribution in [2.75, 3.05) is 19.8 Å². The molecule has 1 saturated heterocycles. The van der Waals surface area contributed by atoms with E-state index in [4.69, 9.17) is 10.00 Å². The first-order valence-electron chi connectivity index (χ1n) is 5.54. The Bertz CT molecular complexity index is 229. The van der Waals surface area contributed by atoms with Crippen LogP contribution in [0.5, 0.6) is 0 Å². The number of nitriles is 1. The quantitative estimate of drug-likeness (QED) is 0.742. The fraction of sp³-hybridized carbons (Fsp3) is 0.818. The number of nitrogens with zero attached hydrogens (tertiary/aromatic N) is 1. The van der Waals surface area contributed by atoms with Crippen molar-refractivity contribution in [2.45, 2.75) is 32.1 Å². The zero-order valence-electron chi connectivity index (χ0n) is 9.00. The van der Waals surface area contributed by atoms with Gasteiger partial charge in [0.05, 0.1) is 6.07 Å². The maximum Gasteiger partial charge on any atom is 0.221 e. The number of rotatable bonds is 5. The van der Waals surface area contributed by atoms with Crippen molar-refractivity contribution in [3.05, 3.63) is 0 Å². The van der Waals surface area contributed by atoms with Gasteiger partial charge < -0.3 is 10.1 Å². The van der Waals surface area contributed by atoms with Crippen LogP contribution in [0.25, 0.3) is 0 Å². The molecule has 0 radical (unpaired) electrons. The third-order valence-corrected chi connectivity index (χ3v) is 2.68. The molecule has 0 atom stereocenters. The van der Waals surface area contributed by atoms with Gasteiger partial charge in [-0.3, -0.25) is 4.79 Å². The molecular formula is C11H18N2O2. The third-order valence-electron chi connectivity index (χ3n) is 2.68. The smallest absolute Gasteiger partial charge is 0.221 e. The van der Waals surface area contributed by atoms with E-state index in [0.717, 1.165) is 39.0 Å². The van der Waals surface area contributed by atoms with Gasteiger partial charge in [-0.05, 0) is 25.2 Å². The Labute approximate surface area is 90.6 Å². The normalized spacial score (nSPS) is 17.0. The molecule has 4 nitrogen and oxygen atoms in total. The van der Waals surface area contributed by atoms with Gasteiger partial charge in [0, 0.05) is 32.6 Å². The molecule has 0 aromatic heterocycles. The maximum atomic E-state index is 11.2. The summed E-state index contributed by atoms with van der Waals surface area (Å²) in [6.07, 6.45) is 3.87. The SMILES string of the molecule is N#CCCC(=O)NCCC1CCOCC1. The first-order chi connectivity index (χ1) is 7.33. The van der Waals surface area contributed by atoms with Crippen LogP contribution >= 0.6 is 0 Å². The lowest BCUT2D eigenvalue weighted by Crippen LogP contribution is -2.27. The second-order valence-electron chi connectivity index (χ2n) is 3.85. The molecule has 0 aliphatic carbocycles. The van der Waals surface area contributed by atoms with E-state index in [1.807, 2.05) is 6.07 Å². The molecule has 0 saturated carbocycles. The Morgan fingerprint density at radius 2 is 2.20 bits per heavy atom. The van der Waals surface area contributed by atoms with Gasteiger partial charge in [0.1, 0.15) is 0 Å². The predicted molar refractivity (Wildman–Crippen MR) is 56.0 cm³/mol. The highest BCUT2D eigenvalue weighted by Crippen LogP contribution is 2.17. The number of hydrogen-bond donors (Lipinski definition) is 1. The molecule has 0 bridgehead atoms. The molecule has 84 valence electrons.